The van der Waals surface area contributed by atoms with E-state index in [0.717, 1.165) is 0 Å². The van der Waals surface area contributed by atoms with Crippen molar-refractivity contribution in [3.8, 4) is 0 Å². The number of nitrogens with two attached hydrogens (primary N) is 2. The van der Waals surface area contributed by atoms with Crippen molar-refractivity contribution < 1.29 is 4.92 Å². The molecular weight excluding hydrogens is 282 g/mol. The molecule has 0 radical (unpaired) electrons. The van der Waals surface area contributed by atoms with Gasteiger partial charge in [-0.15, -0.1) is 10.2 Å². The van der Waals surface area contributed by atoms with Gasteiger partial charge in [0.15, 0.2) is 0 Å². The number of benzene rings is 2. The third-order valence-electron chi connectivity index (χ3n) is 2.46. The number of non-ortho nitro benzene ring substituents is 1. The molecule has 0 aromatic heterocycles. The van der Waals surface area contributed by atoms with Gasteiger partial charge in [0.2, 0.25) is 0 Å². The van der Waals surface area contributed by atoms with Gasteiger partial charge in [-0.3, -0.25) is 10.1 Å². The van der Waals surface area contributed by atoms with Gasteiger partial charge in [0.05, 0.1) is 15.6 Å². The van der Waals surface area contributed by atoms with Gasteiger partial charge in [-0.05, 0) is 24.3 Å². The number of azo groups is 1. The largest absolute Gasteiger partial charge is 0.399 e. The number of hydrogen-bond donors (Lipinski definition) is 2. The highest BCUT2D eigenvalue weighted by molar-refractivity contribution is 6.33. The van der Waals surface area contributed by atoms with Gasteiger partial charge in [0.1, 0.15) is 11.4 Å². The molecular formula is C12H10ClN5O2. The van der Waals surface area contributed by atoms with Crippen molar-refractivity contribution in [2.75, 3.05) is 11.5 Å². The highest BCUT2D eigenvalue weighted by atomic mass is 35.5. The van der Waals surface area contributed by atoms with Gasteiger partial charge < -0.3 is 11.5 Å². The Labute approximate surface area is 119 Å². The number of nitro benzene ring substituents is 1. The van der Waals surface area contributed by atoms with Crippen LogP contribution in [0.1, 0.15) is 0 Å². The monoisotopic (exact) mass is 291 g/mol. The molecule has 0 heterocycles. The number of rotatable bonds is 3. The Morgan fingerprint density at radius 3 is 2.30 bits per heavy atom. The molecule has 2 aromatic carbocycles. The van der Waals surface area contributed by atoms with Crippen molar-refractivity contribution in [2.45, 2.75) is 0 Å². The third kappa shape index (κ3) is 3.01. The fraction of sp³-hybridized carbons (Fsp3) is 0. The molecule has 0 fully saturated rings. The summed E-state index contributed by atoms with van der Waals surface area (Å²) in [6, 6.07) is 8.74. The van der Waals surface area contributed by atoms with E-state index in [2.05, 4.69) is 10.2 Å². The first-order chi connectivity index (χ1) is 9.47. The maximum absolute atomic E-state index is 10.6. The van der Waals surface area contributed by atoms with Gasteiger partial charge in [0, 0.05) is 17.8 Å². The predicted molar refractivity (Wildman–Crippen MR) is 77.5 cm³/mol. The van der Waals surface area contributed by atoms with Crippen LogP contribution in [0.5, 0.6) is 0 Å². The summed E-state index contributed by atoms with van der Waals surface area (Å²) < 4.78 is 0. The van der Waals surface area contributed by atoms with Crippen LogP contribution >= 0.6 is 11.6 Å². The van der Waals surface area contributed by atoms with Crippen LogP contribution in [0, 0.1) is 10.1 Å². The van der Waals surface area contributed by atoms with Crippen LogP contribution in [-0.4, -0.2) is 4.92 Å². The van der Waals surface area contributed by atoms with Crippen molar-refractivity contribution >= 4 is 40.0 Å². The number of anilines is 2. The minimum Gasteiger partial charge on any atom is -0.399 e. The molecule has 7 nitrogen and oxygen atoms in total. The van der Waals surface area contributed by atoms with Crippen molar-refractivity contribution in [2.24, 2.45) is 10.2 Å². The quantitative estimate of drug-likeness (QED) is 0.386. The van der Waals surface area contributed by atoms with Crippen LogP contribution in [0.25, 0.3) is 0 Å². The zero-order chi connectivity index (χ0) is 14.7. The van der Waals surface area contributed by atoms with E-state index in [1.165, 1.54) is 18.2 Å². The average Bonchev–Trinajstić information content (AvgIpc) is 2.38. The fourth-order valence-electron chi connectivity index (χ4n) is 1.46. The van der Waals surface area contributed by atoms with Crippen molar-refractivity contribution in [3.63, 3.8) is 0 Å². The van der Waals surface area contributed by atoms with E-state index in [9.17, 15) is 10.1 Å². The molecule has 2 aromatic rings. The lowest BCUT2D eigenvalue weighted by Gasteiger charge is -2.01. The summed E-state index contributed by atoms with van der Waals surface area (Å²) in [5, 5.41) is 18.6. The van der Waals surface area contributed by atoms with Crippen LogP contribution in [0.4, 0.5) is 28.4 Å². The van der Waals surface area contributed by atoms with Crippen LogP contribution in [0.2, 0.25) is 5.02 Å². The Hall–Kier alpha value is -2.67. The number of nitrogen functional groups attached to an aromatic ring is 2. The first-order valence-electron chi connectivity index (χ1n) is 5.48. The van der Waals surface area contributed by atoms with E-state index in [-0.39, 0.29) is 10.7 Å². The second kappa shape index (κ2) is 5.54. The van der Waals surface area contributed by atoms with Crippen LogP contribution in [0.15, 0.2) is 46.6 Å². The minimum atomic E-state index is -0.537. The molecule has 0 spiro atoms. The third-order valence-corrected chi connectivity index (χ3v) is 2.76. The Balaban J connectivity index is 2.29. The topological polar surface area (TPSA) is 120 Å². The summed E-state index contributed by atoms with van der Waals surface area (Å²) >= 11 is 5.90. The van der Waals surface area contributed by atoms with Gasteiger partial charge in [-0.2, -0.15) is 0 Å². The standard InChI is InChI=1S/C12H10ClN5O2/c13-9-6-8(18(19)20)2-4-11(9)16-17-12-3-1-7(14)5-10(12)15/h1-6H,14-15H2. The SMILES string of the molecule is Nc1ccc(N=Nc2ccc([N+](=O)[O-])cc2Cl)c(N)c1. The zero-order valence-corrected chi connectivity index (χ0v) is 10.9. The molecule has 102 valence electrons. The van der Waals surface area contributed by atoms with E-state index in [0.29, 0.717) is 22.7 Å². The van der Waals surface area contributed by atoms with Crippen LogP contribution < -0.4 is 11.5 Å². The molecule has 0 unspecified atom stereocenters. The lowest BCUT2D eigenvalue weighted by Crippen LogP contribution is -1.89. The van der Waals surface area contributed by atoms with Gasteiger partial charge >= 0.3 is 0 Å². The molecule has 20 heavy (non-hydrogen) atoms. The zero-order valence-electron chi connectivity index (χ0n) is 10.2. The number of nitro groups is 1. The summed E-state index contributed by atoms with van der Waals surface area (Å²) in [5.41, 5.74) is 12.8. The summed E-state index contributed by atoms with van der Waals surface area (Å²) in [7, 11) is 0. The molecule has 0 aliphatic rings. The number of hydrogen-bond acceptors (Lipinski definition) is 6. The molecule has 0 atom stereocenters. The van der Waals surface area contributed by atoms with E-state index in [4.69, 9.17) is 23.1 Å². The van der Waals surface area contributed by atoms with Gasteiger partial charge in [-0.1, -0.05) is 11.6 Å². The van der Waals surface area contributed by atoms with Crippen LogP contribution in [0.3, 0.4) is 0 Å². The van der Waals surface area contributed by atoms with E-state index in [1.54, 1.807) is 18.2 Å². The summed E-state index contributed by atoms with van der Waals surface area (Å²) in [6.07, 6.45) is 0. The smallest absolute Gasteiger partial charge is 0.271 e. The summed E-state index contributed by atoms with van der Waals surface area (Å²) in [5.74, 6) is 0. The molecule has 0 amide bonds. The molecule has 0 saturated carbocycles. The Bertz CT molecular complexity index is 702. The van der Waals surface area contributed by atoms with Gasteiger partial charge in [0.25, 0.3) is 5.69 Å². The van der Waals surface area contributed by atoms with Crippen molar-refractivity contribution in [1.29, 1.82) is 0 Å². The summed E-state index contributed by atoms with van der Waals surface area (Å²) in [6.45, 7) is 0. The first kappa shape index (κ1) is 13.8. The lowest BCUT2D eigenvalue weighted by atomic mass is 10.2. The highest BCUT2D eigenvalue weighted by Crippen LogP contribution is 2.31. The predicted octanol–water partition coefficient (Wildman–Crippen LogP) is 3.83. The fourth-order valence-corrected chi connectivity index (χ4v) is 1.67. The normalized spacial score (nSPS) is 10.8. The van der Waals surface area contributed by atoms with Crippen LogP contribution in [-0.2, 0) is 0 Å². The molecule has 2 rings (SSSR count). The van der Waals surface area contributed by atoms with E-state index >= 15 is 0 Å². The molecule has 8 heteroatoms. The second-order valence-electron chi connectivity index (χ2n) is 3.91. The van der Waals surface area contributed by atoms with Crippen molar-refractivity contribution in [1.82, 2.24) is 0 Å². The van der Waals surface area contributed by atoms with Gasteiger partial charge in [-0.25, -0.2) is 0 Å². The maximum Gasteiger partial charge on any atom is 0.271 e. The maximum atomic E-state index is 10.6. The molecule has 0 aliphatic carbocycles. The lowest BCUT2D eigenvalue weighted by molar-refractivity contribution is -0.384. The molecule has 0 aliphatic heterocycles. The number of nitrogens with zero attached hydrogens (tertiary/aromatic N) is 3. The Morgan fingerprint density at radius 2 is 1.70 bits per heavy atom. The molecule has 0 saturated heterocycles. The minimum absolute atomic E-state index is 0.110. The highest BCUT2D eigenvalue weighted by Gasteiger charge is 2.09. The average molecular weight is 292 g/mol. The van der Waals surface area contributed by atoms with E-state index in [1.807, 2.05) is 0 Å². The Kier molecular flexibility index (Phi) is 3.81. The number of halogens is 1. The summed E-state index contributed by atoms with van der Waals surface area (Å²) in [4.78, 5) is 10.0. The molecule has 4 N–H and O–H groups in total. The van der Waals surface area contributed by atoms with Crippen molar-refractivity contribution in [3.05, 3.63) is 51.5 Å². The van der Waals surface area contributed by atoms with E-state index < -0.39 is 4.92 Å². The second-order valence-corrected chi connectivity index (χ2v) is 4.32. The first-order valence-corrected chi connectivity index (χ1v) is 5.86. The molecule has 0 bridgehead atoms. The Morgan fingerprint density at radius 1 is 1.05 bits per heavy atom.